The van der Waals surface area contributed by atoms with Gasteiger partial charge in [0.25, 0.3) is 0 Å². The van der Waals surface area contributed by atoms with Crippen molar-refractivity contribution < 1.29 is 14.6 Å². The van der Waals surface area contributed by atoms with Crippen LogP contribution in [0.15, 0.2) is 0 Å². The van der Waals surface area contributed by atoms with Gasteiger partial charge in [-0.2, -0.15) is 0 Å². The van der Waals surface area contributed by atoms with Gasteiger partial charge in [0, 0.05) is 12.5 Å². The minimum Gasteiger partial charge on any atom is -0.479 e. The van der Waals surface area contributed by atoms with Gasteiger partial charge in [-0.15, -0.1) is 0 Å². The van der Waals surface area contributed by atoms with E-state index < -0.39 is 12.1 Å². The normalized spacial score (nSPS) is 26.5. The molecule has 2 saturated carbocycles. The van der Waals surface area contributed by atoms with Crippen LogP contribution in [0.5, 0.6) is 0 Å². The average Bonchev–Trinajstić information content (AvgIpc) is 2.76. The molecule has 3 heteroatoms. The largest absolute Gasteiger partial charge is 0.479 e. The molecule has 0 bridgehead atoms. The molecule has 1 unspecified atom stereocenters. The zero-order valence-electron chi connectivity index (χ0n) is 9.37. The number of aliphatic carboxylic acids is 1. The maximum atomic E-state index is 11.1. The molecule has 0 radical (unpaired) electrons. The lowest BCUT2D eigenvalue weighted by Crippen LogP contribution is -2.34. The lowest BCUT2D eigenvalue weighted by Gasteiger charge is -2.24. The second kappa shape index (κ2) is 4.12. The Labute approximate surface area is 90.8 Å². The van der Waals surface area contributed by atoms with Crippen LogP contribution in [-0.2, 0) is 9.53 Å². The first kappa shape index (κ1) is 10.9. The van der Waals surface area contributed by atoms with E-state index in [0.717, 1.165) is 25.2 Å². The van der Waals surface area contributed by atoms with Crippen molar-refractivity contribution in [1.29, 1.82) is 0 Å². The van der Waals surface area contributed by atoms with E-state index in [4.69, 9.17) is 9.84 Å². The molecule has 0 amide bonds. The van der Waals surface area contributed by atoms with Gasteiger partial charge in [0.1, 0.15) is 0 Å². The number of hydrogen-bond donors (Lipinski definition) is 1. The van der Waals surface area contributed by atoms with Crippen molar-refractivity contribution in [2.24, 2.45) is 11.3 Å². The number of carboxylic acids is 1. The predicted molar refractivity (Wildman–Crippen MR) is 56.7 cm³/mol. The zero-order valence-corrected chi connectivity index (χ0v) is 9.37. The highest BCUT2D eigenvalue weighted by atomic mass is 16.5. The van der Waals surface area contributed by atoms with Crippen molar-refractivity contribution in [3.8, 4) is 0 Å². The van der Waals surface area contributed by atoms with Gasteiger partial charge in [0.15, 0.2) is 6.10 Å². The summed E-state index contributed by atoms with van der Waals surface area (Å²) < 4.78 is 5.15. The van der Waals surface area contributed by atoms with Gasteiger partial charge in [-0.1, -0.05) is 25.7 Å². The summed E-state index contributed by atoms with van der Waals surface area (Å²) in [6.07, 6.45) is 7.80. The summed E-state index contributed by atoms with van der Waals surface area (Å²) in [5.74, 6) is -0.0301. The summed E-state index contributed by atoms with van der Waals surface area (Å²) in [5, 5.41) is 9.10. The summed E-state index contributed by atoms with van der Waals surface area (Å²) in [7, 11) is 1.52. The van der Waals surface area contributed by atoms with Crippen LogP contribution in [0.1, 0.15) is 44.9 Å². The molecule has 0 aromatic carbocycles. The summed E-state index contributed by atoms with van der Waals surface area (Å²) in [6.45, 7) is 0. The molecule has 2 rings (SSSR count). The van der Waals surface area contributed by atoms with Gasteiger partial charge >= 0.3 is 5.97 Å². The molecule has 2 aliphatic rings. The third-order valence-electron chi connectivity index (χ3n) is 4.08. The van der Waals surface area contributed by atoms with Crippen LogP contribution < -0.4 is 0 Å². The topological polar surface area (TPSA) is 46.5 Å². The molecule has 0 aromatic heterocycles. The standard InChI is InChI=1S/C12H20O3/c1-15-10(11(13)14)12(6-7-12)8-9-4-2-3-5-9/h9-10H,2-8H2,1H3,(H,13,14). The minimum atomic E-state index is -0.784. The third-order valence-corrected chi connectivity index (χ3v) is 4.08. The number of ether oxygens (including phenoxy) is 1. The van der Waals surface area contributed by atoms with Gasteiger partial charge in [0.2, 0.25) is 0 Å². The van der Waals surface area contributed by atoms with Crippen LogP contribution in [-0.4, -0.2) is 24.3 Å². The Balaban J connectivity index is 1.96. The molecule has 86 valence electrons. The molecule has 1 N–H and O–H groups in total. The summed E-state index contributed by atoms with van der Waals surface area (Å²) in [6, 6.07) is 0. The van der Waals surface area contributed by atoms with E-state index in [1.165, 1.54) is 32.8 Å². The SMILES string of the molecule is COC(C(=O)O)C1(CC2CCCC2)CC1. The van der Waals surface area contributed by atoms with E-state index in [1.807, 2.05) is 0 Å². The second-order valence-corrected chi connectivity index (χ2v) is 5.17. The van der Waals surface area contributed by atoms with Crippen LogP contribution in [0.2, 0.25) is 0 Å². The quantitative estimate of drug-likeness (QED) is 0.761. The number of carbonyl (C=O) groups is 1. The minimum absolute atomic E-state index is 0.0183. The fraction of sp³-hybridized carbons (Fsp3) is 0.917. The summed E-state index contributed by atoms with van der Waals surface area (Å²) in [5.41, 5.74) is -0.0183. The maximum absolute atomic E-state index is 11.1. The predicted octanol–water partition coefficient (Wildman–Crippen LogP) is 2.45. The first-order valence-corrected chi connectivity index (χ1v) is 5.93. The fourth-order valence-electron chi connectivity index (χ4n) is 3.14. The summed E-state index contributed by atoms with van der Waals surface area (Å²) in [4.78, 5) is 11.1. The highest BCUT2D eigenvalue weighted by Crippen LogP contribution is 2.56. The van der Waals surface area contributed by atoms with Crippen LogP contribution in [0.25, 0.3) is 0 Å². The van der Waals surface area contributed by atoms with E-state index in [1.54, 1.807) is 0 Å². The van der Waals surface area contributed by atoms with Crippen LogP contribution in [0, 0.1) is 11.3 Å². The Morgan fingerprint density at radius 2 is 2.07 bits per heavy atom. The lowest BCUT2D eigenvalue weighted by molar-refractivity contribution is -0.153. The number of hydrogen-bond acceptors (Lipinski definition) is 2. The molecule has 0 heterocycles. The third kappa shape index (κ3) is 2.17. The Morgan fingerprint density at radius 3 is 2.47 bits per heavy atom. The van der Waals surface area contributed by atoms with E-state index >= 15 is 0 Å². The van der Waals surface area contributed by atoms with Crippen molar-refractivity contribution in [1.82, 2.24) is 0 Å². The molecule has 3 nitrogen and oxygen atoms in total. The highest BCUT2D eigenvalue weighted by molar-refractivity contribution is 5.74. The van der Waals surface area contributed by atoms with Gasteiger partial charge in [-0.25, -0.2) is 4.79 Å². The maximum Gasteiger partial charge on any atom is 0.333 e. The number of methoxy groups -OCH3 is 1. The van der Waals surface area contributed by atoms with E-state index in [0.29, 0.717) is 0 Å². The molecule has 2 fully saturated rings. The van der Waals surface area contributed by atoms with Crippen LogP contribution >= 0.6 is 0 Å². The number of rotatable bonds is 5. The van der Waals surface area contributed by atoms with Crippen molar-refractivity contribution in [2.75, 3.05) is 7.11 Å². The first-order valence-electron chi connectivity index (χ1n) is 5.93. The molecular formula is C12H20O3. The van der Waals surface area contributed by atoms with E-state index in [9.17, 15) is 4.79 Å². The van der Waals surface area contributed by atoms with Gasteiger partial charge in [-0.05, 0) is 25.2 Å². The van der Waals surface area contributed by atoms with Crippen molar-refractivity contribution in [3.63, 3.8) is 0 Å². The Kier molecular flexibility index (Phi) is 3.01. The van der Waals surface area contributed by atoms with E-state index in [2.05, 4.69) is 0 Å². The second-order valence-electron chi connectivity index (χ2n) is 5.17. The molecule has 15 heavy (non-hydrogen) atoms. The smallest absolute Gasteiger partial charge is 0.333 e. The van der Waals surface area contributed by atoms with Gasteiger partial charge in [0.05, 0.1) is 0 Å². The molecule has 1 atom stereocenters. The van der Waals surface area contributed by atoms with Crippen molar-refractivity contribution in [3.05, 3.63) is 0 Å². The van der Waals surface area contributed by atoms with E-state index in [-0.39, 0.29) is 5.41 Å². The van der Waals surface area contributed by atoms with Crippen LogP contribution in [0.4, 0.5) is 0 Å². The monoisotopic (exact) mass is 212 g/mol. The number of carboxylic acid groups (broad SMARTS) is 1. The van der Waals surface area contributed by atoms with Crippen molar-refractivity contribution >= 4 is 5.97 Å². The molecular weight excluding hydrogens is 192 g/mol. The Morgan fingerprint density at radius 1 is 1.47 bits per heavy atom. The fourth-order valence-corrected chi connectivity index (χ4v) is 3.14. The summed E-state index contributed by atoms with van der Waals surface area (Å²) >= 11 is 0. The first-order chi connectivity index (χ1) is 7.18. The van der Waals surface area contributed by atoms with Crippen LogP contribution in [0.3, 0.4) is 0 Å². The Hall–Kier alpha value is -0.570. The lowest BCUT2D eigenvalue weighted by atomic mass is 9.86. The molecule has 0 saturated heterocycles. The van der Waals surface area contributed by atoms with Gasteiger partial charge < -0.3 is 9.84 Å². The van der Waals surface area contributed by atoms with Crippen molar-refractivity contribution in [2.45, 2.75) is 51.0 Å². The van der Waals surface area contributed by atoms with Gasteiger partial charge in [-0.3, -0.25) is 0 Å². The molecule has 0 aliphatic heterocycles. The molecule has 2 aliphatic carbocycles. The molecule has 0 aromatic rings. The highest BCUT2D eigenvalue weighted by Gasteiger charge is 2.53. The zero-order chi connectivity index (χ0) is 10.9. The average molecular weight is 212 g/mol. The molecule has 0 spiro atoms. The Bertz CT molecular complexity index is 239.